The lowest BCUT2D eigenvalue weighted by Crippen LogP contribution is -2.34. The van der Waals surface area contributed by atoms with Gasteiger partial charge >= 0.3 is 0 Å². The fourth-order valence-corrected chi connectivity index (χ4v) is 3.21. The van der Waals surface area contributed by atoms with Crippen LogP contribution in [0.3, 0.4) is 0 Å². The fraction of sp³-hybridized carbons (Fsp3) is 0.167. The molecule has 0 unspecified atom stereocenters. The molecule has 0 aliphatic rings. The minimum absolute atomic E-state index is 0.0998. The van der Waals surface area contributed by atoms with Crippen molar-refractivity contribution in [1.82, 2.24) is 14.9 Å². The molecule has 0 aliphatic carbocycles. The molecule has 0 fully saturated rings. The molecule has 0 spiro atoms. The highest BCUT2D eigenvalue weighted by Gasteiger charge is 2.15. The topological polar surface area (TPSA) is 64.0 Å². The molecule has 5 nitrogen and oxygen atoms in total. The third-order valence-corrected chi connectivity index (χ3v) is 4.42. The number of benzene rings is 2. The van der Waals surface area contributed by atoms with Crippen molar-refractivity contribution in [2.24, 2.45) is 0 Å². The van der Waals surface area contributed by atoms with Crippen LogP contribution in [-0.2, 0) is 11.3 Å². The average Bonchev–Trinajstić information content (AvgIpc) is 2.57. The zero-order chi connectivity index (χ0) is 18.0. The van der Waals surface area contributed by atoms with E-state index in [1.165, 1.54) is 10.8 Å². The average molecular weight is 376 g/mol. The molecule has 25 heavy (non-hydrogen) atoms. The van der Waals surface area contributed by atoms with Gasteiger partial charge in [0.25, 0.3) is 5.56 Å². The third kappa shape index (κ3) is 3.83. The van der Waals surface area contributed by atoms with Crippen molar-refractivity contribution in [1.29, 1.82) is 0 Å². The summed E-state index contributed by atoms with van der Waals surface area (Å²) in [7, 11) is 0. The Labute approximate surface area is 154 Å². The Bertz CT molecular complexity index is 1000. The monoisotopic (exact) mass is 375 g/mol. The molecule has 0 radical (unpaired) electrons. The predicted octanol–water partition coefficient (Wildman–Crippen LogP) is 3.58. The van der Waals surface area contributed by atoms with Crippen molar-refractivity contribution in [2.45, 2.75) is 19.5 Å². The summed E-state index contributed by atoms with van der Waals surface area (Å²) in [5.41, 5.74) is 1.70. The smallest absolute Gasteiger partial charge is 0.269 e. The number of nitrogens with one attached hydrogen (secondary N) is 1. The van der Waals surface area contributed by atoms with Crippen molar-refractivity contribution in [3.8, 4) is 0 Å². The largest absolute Gasteiger partial charge is 0.348 e. The quantitative estimate of drug-likeness (QED) is 0.757. The number of fused-ring (bicyclic) bond motifs is 1. The van der Waals surface area contributed by atoms with Gasteiger partial charge in [-0.2, -0.15) is 0 Å². The Kier molecular flexibility index (Phi) is 5.06. The molecule has 1 aromatic heterocycles. The first kappa shape index (κ1) is 17.5. The zero-order valence-corrected chi connectivity index (χ0v) is 14.9. The molecule has 3 aromatic rings. The van der Waals surface area contributed by atoms with E-state index in [-0.39, 0.29) is 24.1 Å². The van der Waals surface area contributed by atoms with Crippen LogP contribution >= 0.6 is 23.2 Å². The first-order valence-electron chi connectivity index (χ1n) is 7.64. The van der Waals surface area contributed by atoms with Crippen LogP contribution in [0.2, 0.25) is 10.0 Å². The van der Waals surface area contributed by atoms with E-state index in [0.29, 0.717) is 21.1 Å². The Morgan fingerprint density at radius 1 is 1.24 bits per heavy atom. The number of para-hydroxylation sites is 2. The van der Waals surface area contributed by atoms with Crippen LogP contribution < -0.4 is 10.9 Å². The normalized spacial score (nSPS) is 12.1. The summed E-state index contributed by atoms with van der Waals surface area (Å²) >= 11 is 12.1. The number of amides is 1. The van der Waals surface area contributed by atoms with Gasteiger partial charge in [0, 0.05) is 10.0 Å². The first-order valence-corrected chi connectivity index (χ1v) is 8.40. The minimum atomic E-state index is -0.328. The standard InChI is InChI=1S/C18H15Cl2N3O2/c1-11(13-7-6-12(19)8-14(13)20)22-17(24)10-23-16-5-3-2-4-15(16)21-9-18(23)25/h2-9,11H,10H2,1H3,(H,22,24)/t11-/m0/s1. The lowest BCUT2D eigenvalue weighted by molar-refractivity contribution is -0.122. The number of halogens is 2. The van der Waals surface area contributed by atoms with Gasteiger partial charge in [0.2, 0.25) is 5.91 Å². The Balaban J connectivity index is 1.81. The van der Waals surface area contributed by atoms with Crippen molar-refractivity contribution in [3.05, 3.63) is 74.6 Å². The van der Waals surface area contributed by atoms with Crippen LogP contribution in [0.4, 0.5) is 0 Å². The van der Waals surface area contributed by atoms with Gasteiger partial charge in [-0.3, -0.25) is 14.2 Å². The molecule has 1 heterocycles. The van der Waals surface area contributed by atoms with E-state index in [1.807, 2.05) is 13.0 Å². The summed E-state index contributed by atoms with van der Waals surface area (Å²) in [6.45, 7) is 1.72. The molecule has 7 heteroatoms. The van der Waals surface area contributed by atoms with E-state index in [0.717, 1.165) is 5.56 Å². The zero-order valence-electron chi connectivity index (χ0n) is 13.4. The van der Waals surface area contributed by atoms with E-state index in [2.05, 4.69) is 10.3 Å². The molecule has 0 saturated heterocycles. The van der Waals surface area contributed by atoms with Crippen molar-refractivity contribution >= 4 is 40.1 Å². The summed E-state index contributed by atoms with van der Waals surface area (Å²) in [5.74, 6) is -0.294. The number of aromatic nitrogens is 2. The molecular weight excluding hydrogens is 361 g/mol. The van der Waals surface area contributed by atoms with Gasteiger partial charge in [0.05, 0.1) is 23.3 Å². The van der Waals surface area contributed by atoms with Crippen LogP contribution in [0.5, 0.6) is 0 Å². The van der Waals surface area contributed by atoms with Gasteiger partial charge in [-0.25, -0.2) is 4.98 Å². The Hall–Kier alpha value is -2.37. The SMILES string of the molecule is C[C@H](NC(=O)Cn1c(=O)cnc2ccccc21)c1ccc(Cl)cc1Cl. The summed E-state index contributed by atoms with van der Waals surface area (Å²) in [6, 6.07) is 12.0. The third-order valence-electron chi connectivity index (χ3n) is 3.86. The number of nitrogens with zero attached hydrogens (tertiary/aromatic N) is 2. The Morgan fingerprint density at radius 3 is 2.76 bits per heavy atom. The summed E-state index contributed by atoms with van der Waals surface area (Å²) in [5, 5.41) is 3.86. The van der Waals surface area contributed by atoms with E-state index in [1.54, 1.807) is 36.4 Å². The molecule has 1 atom stereocenters. The number of rotatable bonds is 4. The second kappa shape index (κ2) is 7.25. The summed E-state index contributed by atoms with van der Waals surface area (Å²) < 4.78 is 1.40. The molecule has 1 N–H and O–H groups in total. The lowest BCUT2D eigenvalue weighted by Gasteiger charge is -2.17. The molecule has 1 amide bonds. The van der Waals surface area contributed by atoms with Gasteiger partial charge in [-0.1, -0.05) is 41.4 Å². The Morgan fingerprint density at radius 2 is 2.00 bits per heavy atom. The van der Waals surface area contributed by atoms with Gasteiger partial charge in [-0.15, -0.1) is 0 Å². The maximum atomic E-state index is 12.4. The van der Waals surface area contributed by atoms with E-state index < -0.39 is 0 Å². The van der Waals surface area contributed by atoms with Gasteiger partial charge in [0.15, 0.2) is 0 Å². The van der Waals surface area contributed by atoms with Crippen LogP contribution in [0.1, 0.15) is 18.5 Å². The maximum absolute atomic E-state index is 12.4. The molecular formula is C18H15Cl2N3O2. The number of carbonyl (C=O) groups is 1. The van der Waals surface area contributed by atoms with Crippen molar-refractivity contribution in [2.75, 3.05) is 0 Å². The molecule has 0 bridgehead atoms. The second-order valence-corrected chi connectivity index (χ2v) is 6.47. The van der Waals surface area contributed by atoms with Crippen LogP contribution in [0.25, 0.3) is 11.0 Å². The maximum Gasteiger partial charge on any atom is 0.269 e. The van der Waals surface area contributed by atoms with E-state index in [9.17, 15) is 9.59 Å². The van der Waals surface area contributed by atoms with E-state index in [4.69, 9.17) is 23.2 Å². The molecule has 0 aliphatic heterocycles. The lowest BCUT2D eigenvalue weighted by atomic mass is 10.1. The van der Waals surface area contributed by atoms with E-state index >= 15 is 0 Å². The van der Waals surface area contributed by atoms with Crippen LogP contribution in [-0.4, -0.2) is 15.5 Å². The predicted molar refractivity (Wildman–Crippen MR) is 99.0 cm³/mol. The number of hydrogen-bond acceptors (Lipinski definition) is 3. The molecule has 3 rings (SSSR count). The van der Waals surface area contributed by atoms with Crippen LogP contribution in [0, 0.1) is 0 Å². The summed E-state index contributed by atoms with van der Waals surface area (Å²) in [4.78, 5) is 28.6. The minimum Gasteiger partial charge on any atom is -0.348 e. The summed E-state index contributed by atoms with van der Waals surface area (Å²) in [6.07, 6.45) is 1.22. The number of hydrogen-bond donors (Lipinski definition) is 1. The highest BCUT2D eigenvalue weighted by molar-refractivity contribution is 6.35. The molecule has 2 aromatic carbocycles. The number of carbonyl (C=O) groups excluding carboxylic acids is 1. The first-order chi connectivity index (χ1) is 12.0. The van der Waals surface area contributed by atoms with Crippen molar-refractivity contribution in [3.63, 3.8) is 0 Å². The molecule has 128 valence electrons. The highest BCUT2D eigenvalue weighted by Crippen LogP contribution is 2.26. The van der Waals surface area contributed by atoms with Gasteiger partial charge in [0.1, 0.15) is 6.54 Å². The highest BCUT2D eigenvalue weighted by atomic mass is 35.5. The fourth-order valence-electron chi connectivity index (χ4n) is 2.64. The second-order valence-electron chi connectivity index (χ2n) is 5.63. The molecule has 0 saturated carbocycles. The van der Waals surface area contributed by atoms with Crippen LogP contribution in [0.15, 0.2) is 53.5 Å². The van der Waals surface area contributed by atoms with Gasteiger partial charge in [-0.05, 0) is 36.8 Å². The van der Waals surface area contributed by atoms with Crippen molar-refractivity contribution < 1.29 is 4.79 Å². The van der Waals surface area contributed by atoms with Gasteiger partial charge < -0.3 is 5.32 Å².